The summed E-state index contributed by atoms with van der Waals surface area (Å²) in [7, 11) is -1.11. The molecule has 114 valence electrons. The van der Waals surface area contributed by atoms with Crippen molar-refractivity contribution in [2.24, 2.45) is 0 Å². The van der Waals surface area contributed by atoms with E-state index < -0.39 is 9.84 Å². The molecule has 0 amide bonds. The van der Waals surface area contributed by atoms with Gasteiger partial charge in [0.2, 0.25) is 0 Å². The fourth-order valence-electron chi connectivity index (χ4n) is 2.10. The highest BCUT2D eigenvalue weighted by Gasteiger charge is 2.17. The van der Waals surface area contributed by atoms with Gasteiger partial charge in [-0.2, -0.15) is 5.10 Å². The van der Waals surface area contributed by atoms with E-state index in [-0.39, 0.29) is 11.8 Å². The van der Waals surface area contributed by atoms with Crippen molar-refractivity contribution < 1.29 is 8.42 Å². The van der Waals surface area contributed by atoms with Gasteiger partial charge in [0.1, 0.15) is 22.0 Å². The van der Waals surface area contributed by atoms with Gasteiger partial charge in [-0.15, -0.1) is 0 Å². The number of nitrogens with zero attached hydrogens (tertiary/aromatic N) is 4. The van der Waals surface area contributed by atoms with E-state index in [0.29, 0.717) is 6.54 Å². The predicted octanol–water partition coefficient (Wildman–Crippen LogP) is 1.13. The maximum Gasteiger partial charge on any atom is 0.148 e. The molecule has 6 nitrogen and oxygen atoms in total. The van der Waals surface area contributed by atoms with Crippen LogP contribution in [0.3, 0.4) is 0 Å². The molecule has 1 aromatic carbocycles. The predicted molar refractivity (Wildman–Crippen MR) is 82.0 cm³/mol. The first-order chi connectivity index (χ1) is 9.87. The van der Waals surface area contributed by atoms with Crippen LogP contribution in [-0.2, 0) is 16.4 Å². The van der Waals surface area contributed by atoms with Crippen LogP contribution in [-0.4, -0.2) is 53.2 Å². The van der Waals surface area contributed by atoms with E-state index in [9.17, 15) is 8.42 Å². The monoisotopic (exact) mass is 308 g/mol. The highest BCUT2D eigenvalue weighted by molar-refractivity contribution is 7.90. The van der Waals surface area contributed by atoms with E-state index in [4.69, 9.17) is 0 Å². The lowest BCUT2D eigenvalue weighted by Crippen LogP contribution is -2.35. The fourth-order valence-corrected chi connectivity index (χ4v) is 3.23. The van der Waals surface area contributed by atoms with Crippen molar-refractivity contribution in [3.05, 3.63) is 42.5 Å². The molecule has 0 saturated heterocycles. The third-order valence-corrected chi connectivity index (χ3v) is 4.39. The third-order valence-electron chi connectivity index (χ3n) is 3.31. The summed E-state index contributed by atoms with van der Waals surface area (Å²) in [5.41, 5.74) is 0.939. The molecule has 0 spiro atoms. The zero-order valence-electron chi connectivity index (χ0n) is 12.5. The number of aromatic nitrogens is 3. The van der Waals surface area contributed by atoms with Crippen molar-refractivity contribution in [2.45, 2.75) is 19.5 Å². The van der Waals surface area contributed by atoms with Crippen molar-refractivity contribution in [1.82, 2.24) is 19.7 Å². The van der Waals surface area contributed by atoms with Gasteiger partial charge in [-0.05, 0) is 26.1 Å². The van der Waals surface area contributed by atoms with Gasteiger partial charge in [0.15, 0.2) is 0 Å². The molecule has 21 heavy (non-hydrogen) atoms. The van der Waals surface area contributed by atoms with Gasteiger partial charge >= 0.3 is 0 Å². The second kappa shape index (κ2) is 6.36. The number of sulfone groups is 1. The Morgan fingerprint density at radius 1 is 1.29 bits per heavy atom. The molecule has 7 heteroatoms. The Hall–Kier alpha value is -1.73. The van der Waals surface area contributed by atoms with Crippen LogP contribution in [0.5, 0.6) is 0 Å². The van der Waals surface area contributed by atoms with Crippen molar-refractivity contribution in [1.29, 1.82) is 0 Å². The summed E-state index contributed by atoms with van der Waals surface area (Å²) < 4.78 is 24.5. The van der Waals surface area contributed by atoms with E-state index in [1.807, 2.05) is 49.2 Å². The van der Waals surface area contributed by atoms with Gasteiger partial charge in [0.05, 0.1) is 18.0 Å². The summed E-state index contributed by atoms with van der Waals surface area (Å²) in [5, 5.41) is 4.23. The van der Waals surface area contributed by atoms with Crippen molar-refractivity contribution >= 4 is 9.84 Å². The van der Waals surface area contributed by atoms with E-state index in [0.717, 1.165) is 11.5 Å². The average Bonchev–Trinajstić information content (AvgIpc) is 2.86. The molecule has 1 heterocycles. The van der Waals surface area contributed by atoms with Gasteiger partial charge in [-0.25, -0.2) is 18.1 Å². The van der Waals surface area contributed by atoms with Crippen LogP contribution in [0.15, 0.2) is 36.7 Å². The summed E-state index contributed by atoms with van der Waals surface area (Å²) >= 11 is 0. The second-order valence-electron chi connectivity index (χ2n) is 5.28. The number of benzene rings is 1. The Bertz CT molecular complexity index is 682. The lowest BCUT2D eigenvalue weighted by molar-refractivity contribution is 0.259. The topological polar surface area (TPSA) is 68.1 Å². The molecule has 0 aliphatic heterocycles. The molecule has 1 aromatic heterocycles. The second-order valence-corrected chi connectivity index (χ2v) is 7.47. The molecule has 0 saturated carbocycles. The van der Waals surface area contributed by atoms with Gasteiger partial charge in [0.25, 0.3) is 0 Å². The molecule has 0 fully saturated rings. The van der Waals surface area contributed by atoms with E-state index in [1.165, 1.54) is 12.6 Å². The lowest BCUT2D eigenvalue weighted by atomic mass is 10.3. The minimum absolute atomic E-state index is 0.0825. The lowest BCUT2D eigenvalue weighted by Gasteiger charge is -2.23. The molecule has 2 aromatic rings. The Balaban J connectivity index is 2.12. The van der Waals surface area contributed by atoms with E-state index >= 15 is 0 Å². The molecule has 0 aliphatic carbocycles. The Morgan fingerprint density at radius 2 is 1.95 bits per heavy atom. The summed E-state index contributed by atoms with van der Waals surface area (Å²) in [6.45, 7) is 2.43. The van der Waals surface area contributed by atoms with E-state index in [2.05, 4.69) is 10.1 Å². The zero-order valence-corrected chi connectivity index (χ0v) is 13.3. The first kappa shape index (κ1) is 15.7. The molecule has 1 atom stereocenters. The maximum atomic E-state index is 11.4. The van der Waals surface area contributed by atoms with Crippen LogP contribution in [0, 0.1) is 0 Å². The van der Waals surface area contributed by atoms with Crippen LogP contribution in [0.25, 0.3) is 5.69 Å². The molecule has 0 N–H and O–H groups in total. The number of para-hydroxylation sites is 1. The first-order valence-electron chi connectivity index (χ1n) is 6.69. The SMILES string of the molecule is C[C@H](CS(C)(=O)=O)N(C)Cc1ncnn1-c1ccccc1. The van der Waals surface area contributed by atoms with Crippen LogP contribution >= 0.6 is 0 Å². The zero-order chi connectivity index (χ0) is 15.5. The van der Waals surface area contributed by atoms with Gasteiger partial charge in [-0.3, -0.25) is 4.90 Å². The number of rotatable bonds is 6. The smallest absolute Gasteiger partial charge is 0.148 e. The Labute approximate surface area is 125 Å². The average molecular weight is 308 g/mol. The highest BCUT2D eigenvalue weighted by Crippen LogP contribution is 2.11. The quantitative estimate of drug-likeness (QED) is 0.800. The van der Waals surface area contributed by atoms with Crippen molar-refractivity contribution in [2.75, 3.05) is 19.1 Å². The summed E-state index contributed by atoms with van der Waals surface area (Å²) in [4.78, 5) is 6.23. The van der Waals surface area contributed by atoms with Crippen LogP contribution in [0.2, 0.25) is 0 Å². The first-order valence-corrected chi connectivity index (χ1v) is 8.75. The minimum Gasteiger partial charge on any atom is -0.295 e. The van der Waals surface area contributed by atoms with Gasteiger partial charge in [0, 0.05) is 12.3 Å². The summed E-state index contributed by atoms with van der Waals surface area (Å²) in [5.74, 6) is 0.909. The third kappa shape index (κ3) is 4.37. The standard InChI is InChI=1S/C14H20N4O2S/c1-12(10-21(3,19)20)17(2)9-14-15-11-16-18(14)13-7-5-4-6-8-13/h4-8,11-12H,9-10H2,1-3H3/t12-/m1/s1. The van der Waals surface area contributed by atoms with Gasteiger partial charge in [-0.1, -0.05) is 18.2 Å². The van der Waals surface area contributed by atoms with Crippen LogP contribution < -0.4 is 0 Å². The summed E-state index contributed by atoms with van der Waals surface area (Å²) in [6, 6.07) is 9.66. The van der Waals surface area contributed by atoms with Crippen LogP contribution in [0.1, 0.15) is 12.7 Å². The molecular weight excluding hydrogens is 288 g/mol. The number of hydrogen-bond acceptors (Lipinski definition) is 5. The molecule has 0 radical (unpaired) electrons. The molecule has 0 aliphatic rings. The highest BCUT2D eigenvalue weighted by atomic mass is 32.2. The van der Waals surface area contributed by atoms with Crippen molar-refractivity contribution in [3.8, 4) is 5.69 Å². The Kier molecular flexibility index (Phi) is 4.74. The molecular formula is C14H20N4O2S. The number of hydrogen-bond donors (Lipinski definition) is 0. The fraction of sp³-hybridized carbons (Fsp3) is 0.429. The van der Waals surface area contributed by atoms with Gasteiger partial charge < -0.3 is 0 Å². The molecule has 0 unspecified atom stereocenters. The largest absolute Gasteiger partial charge is 0.295 e. The van der Waals surface area contributed by atoms with E-state index in [1.54, 1.807) is 4.68 Å². The molecule has 2 rings (SSSR count). The normalized spacial score (nSPS) is 13.5. The van der Waals surface area contributed by atoms with Crippen molar-refractivity contribution in [3.63, 3.8) is 0 Å². The maximum absolute atomic E-state index is 11.4. The van der Waals surface area contributed by atoms with Crippen LogP contribution in [0.4, 0.5) is 0 Å². The Morgan fingerprint density at radius 3 is 2.57 bits per heavy atom. The summed E-state index contributed by atoms with van der Waals surface area (Å²) in [6.07, 6.45) is 2.77. The minimum atomic E-state index is -2.99. The molecule has 0 bridgehead atoms.